The summed E-state index contributed by atoms with van der Waals surface area (Å²) in [6.45, 7) is 3.35. The summed E-state index contributed by atoms with van der Waals surface area (Å²) in [5, 5.41) is 3.57. The second-order valence-electron chi connectivity index (χ2n) is 4.34. The lowest BCUT2D eigenvalue weighted by atomic mass is 10.0. The minimum atomic E-state index is 0.628. The largest absolute Gasteiger partial charge is 0.311 e. The van der Waals surface area contributed by atoms with Gasteiger partial charge in [0.25, 0.3) is 0 Å². The quantitative estimate of drug-likeness (QED) is 0.431. The summed E-state index contributed by atoms with van der Waals surface area (Å²) in [6.07, 6.45) is 11.0. The molecule has 2 heteroatoms. The SMILES string of the molecule is CC1CCCC(NC/C=C/CCl)CC1. The Bertz CT molecular complexity index is 168. The van der Waals surface area contributed by atoms with E-state index in [-0.39, 0.29) is 0 Å². The average molecular weight is 216 g/mol. The molecule has 0 amide bonds. The minimum Gasteiger partial charge on any atom is -0.311 e. The monoisotopic (exact) mass is 215 g/mol. The van der Waals surface area contributed by atoms with Crippen molar-refractivity contribution in [3.05, 3.63) is 12.2 Å². The Morgan fingerprint density at radius 1 is 1.21 bits per heavy atom. The average Bonchev–Trinajstić information content (AvgIpc) is 2.38. The molecule has 1 aliphatic rings. The predicted molar refractivity (Wildman–Crippen MR) is 63.9 cm³/mol. The molecule has 1 rings (SSSR count). The molecule has 0 radical (unpaired) electrons. The van der Waals surface area contributed by atoms with Gasteiger partial charge in [0.2, 0.25) is 0 Å². The molecule has 82 valence electrons. The summed E-state index contributed by atoms with van der Waals surface area (Å²) >= 11 is 5.55. The highest BCUT2D eigenvalue weighted by atomic mass is 35.5. The molecule has 2 atom stereocenters. The summed E-state index contributed by atoms with van der Waals surface area (Å²) in [4.78, 5) is 0. The topological polar surface area (TPSA) is 12.0 Å². The normalized spacial score (nSPS) is 29.3. The smallest absolute Gasteiger partial charge is 0.0404 e. The van der Waals surface area contributed by atoms with Gasteiger partial charge in [0.1, 0.15) is 0 Å². The van der Waals surface area contributed by atoms with E-state index in [0.29, 0.717) is 5.88 Å². The van der Waals surface area contributed by atoms with Crippen molar-refractivity contribution < 1.29 is 0 Å². The summed E-state index contributed by atoms with van der Waals surface area (Å²) in [5.41, 5.74) is 0. The maximum absolute atomic E-state index is 5.55. The zero-order valence-electron chi connectivity index (χ0n) is 9.14. The van der Waals surface area contributed by atoms with E-state index in [0.717, 1.165) is 18.5 Å². The van der Waals surface area contributed by atoms with Crippen LogP contribution in [0.25, 0.3) is 0 Å². The van der Waals surface area contributed by atoms with Crippen LogP contribution < -0.4 is 5.32 Å². The lowest BCUT2D eigenvalue weighted by Gasteiger charge is -2.14. The van der Waals surface area contributed by atoms with Crippen LogP contribution in [-0.2, 0) is 0 Å². The molecule has 0 aromatic carbocycles. The van der Waals surface area contributed by atoms with Crippen LogP contribution in [0.15, 0.2) is 12.2 Å². The first-order valence-corrected chi connectivity index (χ1v) is 6.30. The first kappa shape index (κ1) is 12.1. The number of hydrogen-bond acceptors (Lipinski definition) is 1. The molecular weight excluding hydrogens is 194 g/mol. The molecule has 1 nitrogen and oxygen atoms in total. The molecule has 0 aromatic rings. The van der Waals surface area contributed by atoms with Gasteiger partial charge in [-0.2, -0.15) is 0 Å². The summed E-state index contributed by atoms with van der Waals surface area (Å²) in [7, 11) is 0. The number of nitrogens with one attached hydrogen (secondary N) is 1. The van der Waals surface area contributed by atoms with Crippen LogP contribution in [0.5, 0.6) is 0 Å². The highest BCUT2D eigenvalue weighted by Crippen LogP contribution is 2.22. The van der Waals surface area contributed by atoms with Crippen LogP contribution >= 0.6 is 11.6 Å². The van der Waals surface area contributed by atoms with E-state index in [1.165, 1.54) is 32.1 Å². The van der Waals surface area contributed by atoms with E-state index in [9.17, 15) is 0 Å². The molecule has 0 heterocycles. The molecule has 1 aliphatic carbocycles. The van der Waals surface area contributed by atoms with Gasteiger partial charge < -0.3 is 5.32 Å². The third-order valence-corrected chi connectivity index (χ3v) is 3.22. The maximum Gasteiger partial charge on any atom is 0.0404 e. The number of rotatable bonds is 4. The molecule has 0 saturated heterocycles. The Balaban J connectivity index is 2.14. The number of halogens is 1. The molecular formula is C12H22ClN. The summed E-state index contributed by atoms with van der Waals surface area (Å²) < 4.78 is 0. The standard InChI is InChI=1S/C12H22ClN/c1-11-5-4-6-12(8-7-11)14-10-3-2-9-13/h2-3,11-12,14H,4-10H2,1H3/b3-2+. The highest BCUT2D eigenvalue weighted by Gasteiger charge is 2.14. The van der Waals surface area contributed by atoms with Crippen LogP contribution in [0.4, 0.5) is 0 Å². The summed E-state index contributed by atoms with van der Waals surface area (Å²) in [6, 6.07) is 0.736. The fourth-order valence-corrected chi connectivity index (χ4v) is 2.20. The van der Waals surface area contributed by atoms with Gasteiger partial charge >= 0.3 is 0 Å². The Kier molecular flexibility index (Phi) is 6.29. The number of allylic oxidation sites excluding steroid dienone is 1. The van der Waals surface area contributed by atoms with Crippen LogP contribution in [0, 0.1) is 5.92 Å². The Labute approximate surface area is 92.9 Å². The molecule has 0 aliphatic heterocycles. The van der Waals surface area contributed by atoms with E-state index in [1.807, 2.05) is 6.08 Å². The van der Waals surface area contributed by atoms with E-state index in [4.69, 9.17) is 11.6 Å². The van der Waals surface area contributed by atoms with E-state index in [2.05, 4.69) is 18.3 Å². The fourth-order valence-electron chi connectivity index (χ4n) is 2.07. The van der Waals surface area contributed by atoms with Gasteiger partial charge in [-0.25, -0.2) is 0 Å². The molecule has 2 unspecified atom stereocenters. The number of alkyl halides is 1. The van der Waals surface area contributed by atoms with Gasteiger partial charge in [-0.3, -0.25) is 0 Å². The molecule has 0 aromatic heterocycles. The van der Waals surface area contributed by atoms with Crippen LogP contribution in [-0.4, -0.2) is 18.5 Å². The zero-order chi connectivity index (χ0) is 10.2. The number of hydrogen-bond donors (Lipinski definition) is 1. The highest BCUT2D eigenvalue weighted by molar-refractivity contribution is 6.18. The van der Waals surface area contributed by atoms with Gasteiger partial charge in [0.05, 0.1) is 0 Å². The van der Waals surface area contributed by atoms with Crippen LogP contribution in [0.1, 0.15) is 39.0 Å². The molecule has 1 fully saturated rings. The third kappa shape index (κ3) is 5.02. The van der Waals surface area contributed by atoms with Gasteiger partial charge in [0.15, 0.2) is 0 Å². The van der Waals surface area contributed by atoms with Crippen molar-refractivity contribution in [2.24, 2.45) is 5.92 Å². The second kappa shape index (κ2) is 7.30. The van der Waals surface area contributed by atoms with Crippen LogP contribution in [0.2, 0.25) is 0 Å². The van der Waals surface area contributed by atoms with Crippen molar-refractivity contribution in [2.75, 3.05) is 12.4 Å². The van der Waals surface area contributed by atoms with E-state index >= 15 is 0 Å². The van der Waals surface area contributed by atoms with Crippen molar-refractivity contribution >= 4 is 11.6 Å². The zero-order valence-corrected chi connectivity index (χ0v) is 9.89. The van der Waals surface area contributed by atoms with E-state index in [1.54, 1.807) is 0 Å². The molecule has 1 N–H and O–H groups in total. The molecule has 1 saturated carbocycles. The van der Waals surface area contributed by atoms with Crippen molar-refractivity contribution in [1.82, 2.24) is 5.32 Å². The van der Waals surface area contributed by atoms with Crippen LogP contribution in [0.3, 0.4) is 0 Å². The fraction of sp³-hybridized carbons (Fsp3) is 0.833. The maximum atomic E-state index is 5.55. The second-order valence-corrected chi connectivity index (χ2v) is 4.65. The van der Waals surface area contributed by atoms with Gasteiger partial charge in [-0.05, 0) is 25.2 Å². The Morgan fingerprint density at radius 3 is 2.86 bits per heavy atom. The first-order chi connectivity index (χ1) is 6.83. The Morgan fingerprint density at radius 2 is 2.07 bits per heavy atom. The molecule has 0 bridgehead atoms. The van der Waals surface area contributed by atoms with Gasteiger partial charge in [-0.15, -0.1) is 11.6 Å². The molecule has 14 heavy (non-hydrogen) atoms. The van der Waals surface area contributed by atoms with Gasteiger partial charge in [0, 0.05) is 18.5 Å². The van der Waals surface area contributed by atoms with Crippen molar-refractivity contribution in [3.8, 4) is 0 Å². The predicted octanol–water partition coefficient (Wildman–Crippen LogP) is 3.34. The van der Waals surface area contributed by atoms with Crippen molar-refractivity contribution in [1.29, 1.82) is 0 Å². The Hall–Kier alpha value is -0.0100. The third-order valence-electron chi connectivity index (χ3n) is 3.04. The summed E-state index contributed by atoms with van der Waals surface area (Å²) in [5.74, 6) is 1.56. The van der Waals surface area contributed by atoms with Gasteiger partial charge in [-0.1, -0.05) is 31.9 Å². The van der Waals surface area contributed by atoms with E-state index < -0.39 is 0 Å². The van der Waals surface area contributed by atoms with Crippen molar-refractivity contribution in [3.63, 3.8) is 0 Å². The molecule has 0 spiro atoms. The van der Waals surface area contributed by atoms with Crippen molar-refractivity contribution in [2.45, 2.75) is 45.1 Å². The lowest BCUT2D eigenvalue weighted by Crippen LogP contribution is -2.28. The first-order valence-electron chi connectivity index (χ1n) is 5.77. The lowest BCUT2D eigenvalue weighted by molar-refractivity contribution is 0.464. The minimum absolute atomic E-state index is 0.628.